The van der Waals surface area contributed by atoms with Crippen LogP contribution in [0.15, 0.2) is 53.4 Å². The van der Waals surface area contributed by atoms with Gasteiger partial charge in [0.15, 0.2) is 0 Å². The Balaban J connectivity index is 1.75. The lowest BCUT2D eigenvalue weighted by Crippen LogP contribution is -2.32. The van der Waals surface area contributed by atoms with Crippen LogP contribution < -0.4 is 14.4 Å². The number of hydrogen-bond acceptors (Lipinski definition) is 5. The lowest BCUT2D eigenvalue weighted by molar-refractivity contribution is 0.0857. The van der Waals surface area contributed by atoms with E-state index in [0.29, 0.717) is 30.2 Å². The van der Waals surface area contributed by atoms with Gasteiger partial charge < -0.3 is 14.8 Å². The van der Waals surface area contributed by atoms with E-state index in [0.717, 1.165) is 12.8 Å². The highest BCUT2D eigenvalue weighted by Crippen LogP contribution is 2.24. The van der Waals surface area contributed by atoms with E-state index >= 15 is 0 Å². The quantitative estimate of drug-likeness (QED) is 0.766. The molecule has 0 bridgehead atoms. The summed E-state index contributed by atoms with van der Waals surface area (Å²) < 4.78 is 37.7. The lowest BCUT2D eigenvalue weighted by Gasteiger charge is -2.20. The highest BCUT2D eigenvalue weighted by Gasteiger charge is 2.23. The van der Waals surface area contributed by atoms with Gasteiger partial charge in [-0.05, 0) is 55.3 Å². The first-order chi connectivity index (χ1) is 13.4. The Kier molecular flexibility index (Phi) is 6.21. The minimum Gasteiger partial charge on any atom is -0.497 e. The van der Waals surface area contributed by atoms with Crippen LogP contribution in [0.5, 0.6) is 5.75 Å². The van der Waals surface area contributed by atoms with Crippen molar-refractivity contribution in [1.82, 2.24) is 5.32 Å². The maximum absolute atomic E-state index is 13.0. The smallest absolute Gasteiger partial charge is 0.264 e. The zero-order chi connectivity index (χ0) is 20.1. The molecule has 1 aliphatic heterocycles. The van der Waals surface area contributed by atoms with Crippen LogP contribution >= 0.6 is 0 Å². The van der Waals surface area contributed by atoms with E-state index < -0.39 is 10.0 Å². The minimum atomic E-state index is -3.81. The van der Waals surface area contributed by atoms with Crippen molar-refractivity contribution in [3.05, 3.63) is 54.1 Å². The van der Waals surface area contributed by atoms with Gasteiger partial charge in [0.1, 0.15) is 5.75 Å². The van der Waals surface area contributed by atoms with E-state index in [9.17, 15) is 13.2 Å². The highest BCUT2D eigenvalue weighted by molar-refractivity contribution is 7.92. The number of carbonyl (C=O) groups excluding carboxylic acids is 1. The molecule has 1 saturated heterocycles. The van der Waals surface area contributed by atoms with Crippen LogP contribution in [0.4, 0.5) is 5.69 Å². The van der Waals surface area contributed by atoms with Crippen LogP contribution in [0.1, 0.15) is 23.2 Å². The van der Waals surface area contributed by atoms with Crippen LogP contribution in [0.25, 0.3) is 0 Å². The Labute approximate surface area is 165 Å². The van der Waals surface area contributed by atoms with Gasteiger partial charge in [-0.25, -0.2) is 8.42 Å². The van der Waals surface area contributed by atoms with Gasteiger partial charge >= 0.3 is 0 Å². The van der Waals surface area contributed by atoms with Crippen molar-refractivity contribution in [3.8, 4) is 5.75 Å². The third kappa shape index (κ3) is 4.45. The molecule has 1 atom stereocenters. The van der Waals surface area contributed by atoms with Gasteiger partial charge in [0.2, 0.25) is 0 Å². The van der Waals surface area contributed by atoms with Crippen molar-refractivity contribution in [2.45, 2.75) is 23.8 Å². The molecule has 7 nitrogen and oxygen atoms in total. The Hall–Kier alpha value is -2.58. The summed E-state index contributed by atoms with van der Waals surface area (Å²) in [7, 11) is -0.790. The van der Waals surface area contributed by atoms with E-state index in [1.54, 1.807) is 43.5 Å². The summed E-state index contributed by atoms with van der Waals surface area (Å²) in [6.45, 7) is 1.13. The maximum atomic E-state index is 13.0. The molecule has 0 saturated carbocycles. The monoisotopic (exact) mass is 404 g/mol. The van der Waals surface area contributed by atoms with Gasteiger partial charge in [-0.1, -0.05) is 6.07 Å². The number of methoxy groups -OCH3 is 1. The van der Waals surface area contributed by atoms with Crippen molar-refractivity contribution in [1.29, 1.82) is 0 Å². The standard InChI is InChI=1S/C20H24N2O5S/c1-22(16-8-10-17(26-2)11-9-16)28(24,25)19-7-3-5-15(13-19)20(23)21-14-18-6-4-12-27-18/h3,5,7-11,13,18H,4,6,12,14H2,1-2H3,(H,21,23)/t18-/m0/s1. The molecular formula is C20H24N2O5S. The number of rotatable bonds is 7. The fourth-order valence-corrected chi connectivity index (χ4v) is 4.24. The average Bonchev–Trinajstić information content (AvgIpc) is 3.25. The van der Waals surface area contributed by atoms with Crippen molar-refractivity contribution < 1.29 is 22.7 Å². The second-order valence-corrected chi connectivity index (χ2v) is 8.51. The molecule has 1 aliphatic rings. The summed E-state index contributed by atoms with van der Waals surface area (Å²) in [6, 6.07) is 12.7. The van der Waals surface area contributed by atoms with Crippen molar-refractivity contribution in [3.63, 3.8) is 0 Å². The topological polar surface area (TPSA) is 84.9 Å². The highest BCUT2D eigenvalue weighted by atomic mass is 32.2. The summed E-state index contributed by atoms with van der Waals surface area (Å²) in [5, 5.41) is 2.81. The third-order valence-corrected chi connectivity index (χ3v) is 6.49. The van der Waals surface area contributed by atoms with Crippen LogP contribution in [-0.2, 0) is 14.8 Å². The minimum absolute atomic E-state index is 0.0251. The van der Waals surface area contributed by atoms with Crippen molar-refractivity contribution in [2.75, 3.05) is 31.6 Å². The Morgan fingerprint density at radius 1 is 1.25 bits per heavy atom. The number of nitrogens with zero attached hydrogens (tertiary/aromatic N) is 1. The van der Waals surface area contributed by atoms with E-state index in [2.05, 4.69) is 5.32 Å². The van der Waals surface area contributed by atoms with E-state index in [-0.39, 0.29) is 16.9 Å². The number of ether oxygens (including phenoxy) is 2. The first-order valence-corrected chi connectivity index (χ1v) is 10.5. The molecule has 2 aromatic rings. The molecule has 0 spiro atoms. The molecule has 1 amide bonds. The molecule has 1 fully saturated rings. The zero-order valence-electron chi connectivity index (χ0n) is 15.9. The van der Waals surface area contributed by atoms with E-state index in [4.69, 9.17) is 9.47 Å². The van der Waals surface area contributed by atoms with Crippen molar-refractivity contribution >= 4 is 21.6 Å². The number of hydrogen-bond donors (Lipinski definition) is 1. The average molecular weight is 404 g/mol. The number of nitrogens with one attached hydrogen (secondary N) is 1. The predicted octanol–water partition coefficient (Wildman–Crippen LogP) is 2.43. The molecule has 0 aliphatic carbocycles. The van der Waals surface area contributed by atoms with E-state index in [1.807, 2.05) is 0 Å². The molecule has 8 heteroatoms. The summed E-state index contributed by atoms with van der Waals surface area (Å²) in [6.07, 6.45) is 1.94. The van der Waals surface area contributed by atoms with Gasteiger partial charge in [-0.15, -0.1) is 0 Å². The fraction of sp³-hybridized carbons (Fsp3) is 0.350. The van der Waals surface area contributed by atoms with Crippen LogP contribution in [0.3, 0.4) is 0 Å². The van der Waals surface area contributed by atoms with Gasteiger partial charge in [0.25, 0.3) is 15.9 Å². The fourth-order valence-electron chi connectivity index (χ4n) is 3.00. The second-order valence-electron chi connectivity index (χ2n) is 6.54. The molecule has 150 valence electrons. The van der Waals surface area contributed by atoms with Crippen LogP contribution in [0.2, 0.25) is 0 Å². The molecule has 0 unspecified atom stereocenters. The van der Waals surface area contributed by atoms with Gasteiger partial charge in [-0.3, -0.25) is 9.10 Å². The molecule has 3 rings (SSSR count). The number of amides is 1. The largest absolute Gasteiger partial charge is 0.497 e. The number of anilines is 1. The normalized spacial score (nSPS) is 16.6. The number of carbonyl (C=O) groups is 1. The number of benzene rings is 2. The predicted molar refractivity (Wildman–Crippen MR) is 106 cm³/mol. The van der Waals surface area contributed by atoms with Gasteiger partial charge in [0.05, 0.1) is 23.8 Å². The Morgan fingerprint density at radius 3 is 2.64 bits per heavy atom. The molecule has 2 aromatic carbocycles. The van der Waals surface area contributed by atoms with Gasteiger partial charge in [0, 0.05) is 25.8 Å². The third-order valence-electron chi connectivity index (χ3n) is 4.70. The molecule has 28 heavy (non-hydrogen) atoms. The molecule has 0 radical (unpaired) electrons. The summed E-state index contributed by atoms with van der Waals surface area (Å²) in [5.41, 5.74) is 0.788. The van der Waals surface area contributed by atoms with Crippen molar-refractivity contribution in [2.24, 2.45) is 0 Å². The molecule has 0 aromatic heterocycles. The first-order valence-electron chi connectivity index (χ1n) is 9.04. The Bertz CT molecular complexity index is 922. The molecular weight excluding hydrogens is 380 g/mol. The maximum Gasteiger partial charge on any atom is 0.264 e. The SMILES string of the molecule is COc1ccc(N(C)S(=O)(=O)c2cccc(C(=O)NC[C@@H]3CCCO3)c2)cc1. The van der Waals surface area contributed by atoms with Crippen LogP contribution in [0, 0.1) is 0 Å². The molecule has 1 heterocycles. The van der Waals surface area contributed by atoms with E-state index in [1.165, 1.54) is 23.5 Å². The lowest BCUT2D eigenvalue weighted by atomic mass is 10.2. The first kappa shape index (κ1) is 20.2. The Morgan fingerprint density at radius 2 is 2.00 bits per heavy atom. The van der Waals surface area contributed by atoms with Crippen LogP contribution in [-0.4, -0.2) is 47.7 Å². The summed E-state index contributed by atoms with van der Waals surface area (Å²) >= 11 is 0. The van der Waals surface area contributed by atoms with Gasteiger partial charge in [-0.2, -0.15) is 0 Å². The summed E-state index contributed by atoms with van der Waals surface area (Å²) in [4.78, 5) is 12.5. The summed E-state index contributed by atoms with van der Waals surface area (Å²) in [5.74, 6) is 0.319. The zero-order valence-corrected chi connectivity index (χ0v) is 16.7. The number of sulfonamides is 1. The second kappa shape index (κ2) is 8.62. The molecule has 1 N–H and O–H groups in total.